The molecule has 4 N–H and O–H groups in total. The summed E-state index contributed by atoms with van der Waals surface area (Å²) in [5.41, 5.74) is 0. The smallest absolute Gasteiger partial charge is 0.329 e. The first-order valence-electron chi connectivity index (χ1n) is 9.47. The minimum Gasteiger partial charge on any atom is -0.464 e. The molecule has 0 saturated heterocycles. The van der Waals surface area contributed by atoms with Crippen LogP contribution < -0.4 is 0 Å². The number of aliphatic hydroxyl groups is 4. The average molecular weight is 431 g/mol. The van der Waals surface area contributed by atoms with Gasteiger partial charge < -0.3 is 34.8 Å². The Morgan fingerprint density at radius 1 is 0.867 bits per heavy atom. The first kappa shape index (κ1) is 25.5. The van der Waals surface area contributed by atoms with Crippen LogP contribution in [0, 0.1) is 11.8 Å². The van der Waals surface area contributed by atoms with Gasteiger partial charge in [0, 0.05) is 50.7 Å². The van der Waals surface area contributed by atoms with Crippen LogP contribution in [-0.2, 0) is 19.1 Å². The number of amides is 1. The van der Waals surface area contributed by atoms with Crippen molar-refractivity contribution >= 4 is 18.0 Å². The van der Waals surface area contributed by atoms with Gasteiger partial charge in [-0.3, -0.25) is 14.2 Å². The zero-order valence-corrected chi connectivity index (χ0v) is 16.6. The number of imidazole rings is 1. The third kappa shape index (κ3) is 9.31. The molecule has 30 heavy (non-hydrogen) atoms. The highest BCUT2D eigenvalue weighted by Crippen LogP contribution is 2.05. The lowest BCUT2D eigenvalue weighted by atomic mass is 10.1. The van der Waals surface area contributed by atoms with Crippen molar-refractivity contribution in [3.8, 4) is 0 Å². The number of nitrogens with zero attached hydrogens (tertiary/aromatic N) is 3. The maximum Gasteiger partial charge on any atom is 0.329 e. The molecule has 0 aliphatic carbocycles. The van der Waals surface area contributed by atoms with Gasteiger partial charge in [0.2, 0.25) is 0 Å². The van der Waals surface area contributed by atoms with Crippen LogP contribution in [0.15, 0.2) is 18.7 Å². The molecule has 0 fully saturated rings. The molecule has 1 rings (SSSR count). The van der Waals surface area contributed by atoms with Crippen LogP contribution >= 0.6 is 0 Å². The van der Waals surface area contributed by atoms with Crippen molar-refractivity contribution in [3.05, 3.63) is 18.7 Å². The van der Waals surface area contributed by atoms with Crippen molar-refractivity contribution in [2.75, 3.05) is 52.7 Å². The van der Waals surface area contributed by atoms with Crippen LogP contribution in [0.4, 0.5) is 4.79 Å². The Balaban J connectivity index is 2.54. The van der Waals surface area contributed by atoms with E-state index < -0.39 is 29.8 Å². The van der Waals surface area contributed by atoms with E-state index in [2.05, 4.69) is 4.98 Å². The second-order valence-corrected chi connectivity index (χ2v) is 6.55. The summed E-state index contributed by atoms with van der Waals surface area (Å²) in [4.78, 5) is 41.1. The van der Waals surface area contributed by atoms with Crippen LogP contribution in [0.2, 0.25) is 0 Å². The molecule has 12 heteroatoms. The van der Waals surface area contributed by atoms with Crippen molar-refractivity contribution in [2.45, 2.75) is 12.8 Å². The molecule has 0 radical (unpaired) electrons. The maximum absolute atomic E-state index is 12.5. The summed E-state index contributed by atoms with van der Waals surface area (Å²) in [5, 5.41) is 36.0. The fraction of sp³-hybridized carbons (Fsp3) is 0.667. The van der Waals surface area contributed by atoms with Gasteiger partial charge in [0.05, 0.1) is 25.9 Å². The second-order valence-electron chi connectivity index (χ2n) is 6.55. The van der Waals surface area contributed by atoms with E-state index in [-0.39, 0.29) is 65.6 Å². The van der Waals surface area contributed by atoms with Crippen LogP contribution in [-0.4, -0.2) is 106 Å². The largest absolute Gasteiger partial charge is 0.464 e. The normalized spacial score (nSPS) is 11.0. The van der Waals surface area contributed by atoms with Crippen LogP contribution in [0.1, 0.15) is 12.8 Å². The number of aromatic nitrogens is 2. The summed E-state index contributed by atoms with van der Waals surface area (Å²) >= 11 is 0. The van der Waals surface area contributed by atoms with Crippen molar-refractivity contribution in [3.63, 3.8) is 0 Å². The predicted octanol–water partition coefficient (Wildman–Crippen LogP) is -1.78. The van der Waals surface area contributed by atoms with Gasteiger partial charge >= 0.3 is 18.0 Å². The molecule has 170 valence electrons. The van der Waals surface area contributed by atoms with E-state index in [9.17, 15) is 14.4 Å². The highest BCUT2D eigenvalue weighted by atomic mass is 16.5. The SMILES string of the molecule is O=C(CC(CO)CO)OCCN(CCOC(=O)CC(CO)CO)C(=O)n1ccnc1. The fourth-order valence-electron chi connectivity index (χ4n) is 2.34. The Morgan fingerprint density at radius 2 is 1.33 bits per heavy atom. The minimum absolute atomic E-state index is 0.0130. The highest BCUT2D eigenvalue weighted by molar-refractivity contribution is 5.76. The second kappa shape index (κ2) is 14.4. The van der Waals surface area contributed by atoms with Gasteiger partial charge in [-0.05, 0) is 0 Å². The van der Waals surface area contributed by atoms with Crippen molar-refractivity contribution in [1.82, 2.24) is 14.5 Å². The first-order chi connectivity index (χ1) is 14.4. The van der Waals surface area contributed by atoms with E-state index in [4.69, 9.17) is 29.9 Å². The summed E-state index contributed by atoms with van der Waals surface area (Å²) in [7, 11) is 0. The summed E-state index contributed by atoms with van der Waals surface area (Å²) in [6.45, 7) is -1.64. The van der Waals surface area contributed by atoms with E-state index in [1.54, 1.807) is 0 Å². The van der Waals surface area contributed by atoms with Crippen molar-refractivity contribution in [1.29, 1.82) is 0 Å². The number of rotatable bonds is 14. The van der Waals surface area contributed by atoms with Gasteiger partial charge in [-0.2, -0.15) is 0 Å². The highest BCUT2D eigenvalue weighted by Gasteiger charge is 2.19. The standard InChI is InChI=1S/C18H29N3O9/c22-9-14(10-23)7-16(26)29-5-3-20(18(28)21-2-1-19-13-21)4-6-30-17(27)8-15(11-24)12-25/h1-2,13-15,22-25H,3-12H2. The molecule has 12 nitrogen and oxygen atoms in total. The Labute approximate surface area is 173 Å². The molecule has 1 aromatic heterocycles. The third-order valence-corrected chi connectivity index (χ3v) is 4.19. The molecule has 0 bridgehead atoms. The van der Waals surface area contributed by atoms with Crippen molar-refractivity contribution < 1.29 is 44.3 Å². The molecule has 0 aliphatic heterocycles. The van der Waals surface area contributed by atoms with Crippen LogP contribution in [0.5, 0.6) is 0 Å². The van der Waals surface area contributed by atoms with E-state index in [1.165, 1.54) is 28.2 Å². The van der Waals surface area contributed by atoms with Crippen LogP contribution in [0.3, 0.4) is 0 Å². The topological polar surface area (TPSA) is 172 Å². The quantitative estimate of drug-likeness (QED) is 0.247. The molecular weight excluding hydrogens is 402 g/mol. The van der Waals surface area contributed by atoms with Gasteiger partial charge in [-0.1, -0.05) is 0 Å². The number of esters is 2. The van der Waals surface area contributed by atoms with E-state index in [0.29, 0.717) is 0 Å². The summed E-state index contributed by atoms with van der Waals surface area (Å²) < 4.78 is 11.3. The van der Waals surface area contributed by atoms with E-state index >= 15 is 0 Å². The predicted molar refractivity (Wildman–Crippen MR) is 101 cm³/mol. The molecular formula is C18H29N3O9. The van der Waals surface area contributed by atoms with Gasteiger partial charge in [-0.25, -0.2) is 9.78 Å². The maximum atomic E-state index is 12.5. The molecule has 0 saturated carbocycles. The molecule has 0 atom stereocenters. The number of carbonyl (C=O) groups excluding carboxylic acids is 3. The summed E-state index contributed by atoms with van der Waals surface area (Å²) in [6, 6.07) is -0.466. The lowest BCUT2D eigenvalue weighted by Gasteiger charge is -2.22. The number of hydrogen-bond acceptors (Lipinski definition) is 10. The fourth-order valence-corrected chi connectivity index (χ4v) is 2.34. The van der Waals surface area contributed by atoms with Gasteiger partial charge in [0.25, 0.3) is 0 Å². The zero-order valence-electron chi connectivity index (χ0n) is 16.6. The zero-order chi connectivity index (χ0) is 22.4. The molecule has 0 aliphatic rings. The van der Waals surface area contributed by atoms with Gasteiger partial charge in [-0.15, -0.1) is 0 Å². The third-order valence-electron chi connectivity index (χ3n) is 4.19. The lowest BCUT2D eigenvalue weighted by Crippen LogP contribution is -2.39. The average Bonchev–Trinajstić information content (AvgIpc) is 3.29. The van der Waals surface area contributed by atoms with Gasteiger partial charge in [0.15, 0.2) is 0 Å². The molecule has 1 amide bonds. The molecule has 0 spiro atoms. The van der Waals surface area contributed by atoms with E-state index in [1.807, 2.05) is 0 Å². The Bertz CT molecular complexity index is 599. The summed E-state index contributed by atoms with van der Waals surface area (Å²) in [6.07, 6.45) is 3.85. The molecule has 0 unspecified atom stereocenters. The summed E-state index contributed by atoms with van der Waals surface area (Å²) in [5.74, 6) is -2.46. The number of hydrogen-bond donors (Lipinski definition) is 4. The molecule has 1 aromatic rings. The Kier molecular flexibility index (Phi) is 12.3. The Hall–Kier alpha value is -2.54. The number of carbonyl (C=O) groups is 3. The number of ether oxygens (including phenoxy) is 2. The van der Waals surface area contributed by atoms with E-state index in [0.717, 1.165) is 0 Å². The minimum atomic E-state index is -0.622. The number of aliphatic hydroxyl groups excluding tert-OH is 4. The van der Waals surface area contributed by atoms with Gasteiger partial charge in [0.1, 0.15) is 19.5 Å². The lowest BCUT2D eigenvalue weighted by molar-refractivity contribution is -0.146. The van der Waals surface area contributed by atoms with Crippen LogP contribution in [0.25, 0.3) is 0 Å². The molecule has 0 aromatic carbocycles. The molecule has 1 heterocycles. The Morgan fingerprint density at radius 3 is 1.70 bits per heavy atom. The monoisotopic (exact) mass is 431 g/mol. The van der Waals surface area contributed by atoms with Crippen molar-refractivity contribution in [2.24, 2.45) is 11.8 Å². The first-order valence-corrected chi connectivity index (χ1v) is 9.47.